The summed E-state index contributed by atoms with van der Waals surface area (Å²) >= 11 is 0. The summed E-state index contributed by atoms with van der Waals surface area (Å²) in [6.07, 6.45) is 1.82. The second-order valence-electron chi connectivity index (χ2n) is 4.31. The number of hydrogen-bond acceptors (Lipinski definition) is 3. The van der Waals surface area contributed by atoms with Gasteiger partial charge in [-0.25, -0.2) is 0 Å². The van der Waals surface area contributed by atoms with E-state index in [4.69, 9.17) is 5.11 Å². The van der Waals surface area contributed by atoms with Gasteiger partial charge in [-0.1, -0.05) is 17.3 Å². The normalized spacial score (nSPS) is 10.6. The summed E-state index contributed by atoms with van der Waals surface area (Å²) in [5.74, 6) is -0.835. The lowest BCUT2D eigenvalue weighted by Gasteiger charge is -2.01. The van der Waals surface area contributed by atoms with Crippen LogP contribution in [-0.2, 0) is 11.3 Å². The van der Waals surface area contributed by atoms with E-state index in [-0.39, 0.29) is 6.42 Å². The molecule has 1 heterocycles. The third-order valence-electron chi connectivity index (χ3n) is 2.90. The fraction of sp³-hybridized carbons (Fsp3) is 0.308. The molecule has 0 saturated carbocycles. The third kappa shape index (κ3) is 2.74. The van der Waals surface area contributed by atoms with Gasteiger partial charge >= 0.3 is 5.97 Å². The topological polar surface area (TPSA) is 68.0 Å². The highest BCUT2D eigenvalue weighted by molar-refractivity contribution is 5.66. The molecular weight excluding hydrogens is 230 g/mol. The van der Waals surface area contributed by atoms with Crippen LogP contribution in [0.3, 0.4) is 0 Å². The molecule has 0 aliphatic rings. The largest absolute Gasteiger partial charge is 0.481 e. The van der Waals surface area contributed by atoms with Gasteiger partial charge in [0.2, 0.25) is 0 Å². The molecule has 1 aromatic heterocycles. The summed E-state index contributed by atoms with van der Waals surface area (Å²) in [7, 11) is 0. The van der Waals surface area contributed by atoms with Crippen molar-refractivity contribution in [2.75, 3.05) is 0 Å². The number of aryl methyl sites for hydroxylation is 3. The Morgan fingerprint density at radius 1 is 1.33 bits per heavy atom. The molecule has 0 aliphatic carbocycles. The Morgan fingerprint density at radius 3 is 2.78 bits per heavy atom. The van der Waals surface area contributed by atoms with Crippen molar-refractivity contribution in [1.82, 2.24) is 15.0 Å². The van der Waals surface area contributed by atoms with E-state index in [0.29, 0.717) is 6.54 Å². The van der Waals surface area contributed by atoms with Crippen molar-refractivity contribution in [2.45, 2.75) is 26.8 Å². The van der Waals surface area contributed by atoms with Crippen LogP contribution >= 0.6 is 0 Å². The number of carboxylic acids is 1. The second-order valence-corrected chi connectivity index (χ2v) is 4.31. The minimum absolute atomic E-state index is 0.0513. The highest BCUT2D eigenvalue weighted by atomic mass is 16.4. The van der Waals surface area contributed by atoms with Gasteiger partial charge in [0, 0.05) is 5.56 Å². The third-order valence-corrected chi connectivity index (χ3v) is 2.90. The summed E-state index contributed by atoms with van der Waals surface area (Å²) in [6, 6.07) is 6.09. The molecule has 2 aromatic rings. The zero-order valence-electron chi connectivity index (χ0n) is 10.4. The van der Waals surface area contributed by atoms with Crippen molar-refractivity contribution in [3.63, 3.8) is 0 Å². The van der Waals surface area contributed by atoms with Gasteiger partial charge in [-0.05, 0) is 31.0 Å². The average Bonchev–Trinajstić information content (AvgIpc) is 2.79. The van der Waals surface area contributed by atoms with Crippen LogP contribution < -0.4 is 0 Å². The molecule has 0 amide bonds. The van der Waals surface area contributed by atoms with Crippen LogP contribution in [0.15, 0.2) is 24.4 Å². The Labute approximate surface area is 105 Å². The number of nitrogens with zero attached hydrogens (tertiary/aromatic N) is 3. The number of hydrogen-bond donors (Lipinski definition) is 1. The molecule has 0 atom stereocenters. The molecule has 5 nitrogen and oxygen atoms in total. The smallest absolute Gasteiger partial charge is 0.305 e. The van der Waals surface area contributed by atoms with Crippen molar-refractivity contribution < 1.29 is 9.90 Å². The van der Waals surface area contributed by atoms with Crippen LogP contribution in [0.4, 0.5) is 0 Å². The van der Waals surface area contributed by atoms with E-state index in [1.807, 2.05) is 19.1 Å². The van der Waals surface area contributed by atoms with Gasteiger partial charge in [0.05, 0.1) is 19.2 Å². The molecule has 1 aromatic carbocycles. The lowest BCUT2D eigenvalue weighted by atomic mass is 10.1. The number of carbonyl (C=O) groups is 1. The minimum atomic E-state index is -0.835. The lowest BCUT2D eigenvalue weighted by molar-refractivity contribution is -0.137. The molecule has 2 rings (SSSR count). The second kappa shape index (κ2) is 5.00. The highest BCUT2D eigenvalue weighted by Gasteiger charge is 2.06. The molecule has 0 aliphatic heterocycles. The average molecular weight is 245 g/mol. The lowest BCUT2D eigenvalue weighted by Crippen LogP contribution is -2.04. The minimum Gasteiger partial charge on any atom is -0.481 e. The SMILES string of the molecule is Cc1ccc(-c2cn(CCC(=O)O)nn2)cc1C. The van der Waals surface area contributed by atoms with E-state index >= 15 is 0 Å². The maximum Gasteiger partial charge on any atom is 0.305 e. The first-order valence-corrected chi connectivity index (χ1v) is 5.76. The molecular formula is C13H15N3O2. The van der Waals surface area contributed by atoms with Crippen LogP contribution in [-0.4, -0.2) is 26.1 Å². The van der Waals surface area contributed by atoms with Crippen LogP contribution in [0.2, 0.25) is 0 Å². The Morgan fingerprint density at radius 2 is 2.11 bits per heavy atom. The first-order chi connectivity index (χ1) is 8.56. The van der Waals surface area contributed by atoms with Crippen LogP contribution in [0.1, 0.15) is 17.5 Å². The molecule has 1 N–H and O–H groups in total. The van der Waals surface area contributed by atoms with Gasteiger partial charge in [-0.15, -0.1) is 5.10 Å². The van der Waals surface area contributed by atoms with Gasteiger partial charge in [0.1, 0.15) is 5.69 Å². The van der Waals surface area contributed by atoms with Crippen molar-refractivity contribution in [2.24, 2.45) is 0 Å². The van der Waals surface area contributed by atoms with Crippen molar-refractivity contribution in [3.05, 3.63) is 35.5 Å². The van der Waals surface area contributed by atoms with E-state index in [1.54, 1.807) is 10.9 Å². The fourth-order valence-electron chi connectivity index (χ4n) is 1.65. The highest BCUT2D eigenvalue weighted by Crippen LogP contribution is 2.19. The van der Waals surface area contributed by atoms with Gasteiger partial charge in [-0.3, -0.25) is 9.48 Å². The Hall–Kier alpha value is -2.17. The van der Waals surface area contributed by atoms with Gasteiger partial charge in [0.25, 0.3) is 0 Å². The van der Waals surface area contributed by atoms with Crippen LogP contribution in [0.5, 0.6) is 0 Å². The number of aromatic nitrogens is 3. The zero-order valence-corrected chi connectivity index (χ0v) is 10.4. The van der Waals surface area contributed by atoms with E-state index in [0.717, 1.165) is 11.3 Å². The zero-order chi connectivity index (χ0) is 13.1. The molecule has 0 bridgehead atoms. The van der Waals surface area contributed by atoms with Gasteiger partial charge in [-0.2, -0.15) is 0 Å². The van der Waals surface area contributed by atoms with Crippen molar-refractivity contribution >= 4 is 5.97 Å². The maximum atomic E-state index is 10.5. The van der Waals surface area contributed by atoms with Crippen LogP contribution in [0.25, 0.3) is 11.3 Å². The van der Waals surface area contributed by atoms with E-state index < -0.39 is 5.97 Å². The molecule has 94 valence electrons. The van der Waals surface area contributed by atoms with Crippen molar-refractivity contribution in [3.8, 4) is 11.3 Å². The Bertz CT molecular complexity index is 575. The van der Waals surface area contributed by atoms with E-state index in [1.165, 1.54) is 11.1 Å². The molecule has 0 unspecified atom stereocenters. The predicted octanol–water partition coefficient (Wildman–Crippen LogP) is 2.04. The molecule has 0 spiro atoms. The van der Waals surface area contributed by atoms with Gasteiger partial charge in [0.15, 0.2) is 0 Å². The fourth-order valence-corrected chi connectivity index (χ4v) is 1.65. The number of aliphatic carboxylic acids is 1. The first-order valence-electron chi connectivity index (χ1n) is 5.76. The first kappa shape index (κ1) is 12.3. The monoisotopic (exact) mass is 245 g/mol. The Kier molecular flexibility index (Phi) is 3.41. The summed E-state index contributed by atoms with van der Waals surface area (Å²) < 4.78 is 1.55. The van der Waals surface area contributed by atoms with E-state index in [9.17, 15) is 4.79 Å². The quantitative estimate of drug-likeness (QED) is 0.895. The molecule has 0 fully saturated rings. The molecule has 18 heavy (non-hydrogen) atoms. The molecule has 0 radical (unpaired) electrons. The van der Waals surface area contributed by atoms with Crippen molar-refractivity contribution in [1.29, 1.82) is 0 Å². The molecule has 0 saturated heterocycles. The van der Waals surface area contributed by atoms with Crippen LogP contribution in [0, 0.1) is 13.8 Å². The predicted molar refractivity (Wildman–Crippen MR) is 67.2 cm³/mol. The number of carboxylic acid groups (broad SMARTS) is 1. The summed E-state index contributed by atoms with van der Waals surface area (Å²) in [6.45, 7) is 4.45. The summed E-state index contributed by atoms with van der Waals surface area (Å²) in [5.41, 5.74) is 4.20. The maximum absolute atomic E-state index is 10.5. The standard InChI is InChI=1S/C13H15N3O2/c1-9-3-4-11(7-10(9)2)12-8-16(15-14-12)6-5-13(17)18/h3-4,7-8H,5-6H2,1-2H3,(H,17,18). The Balaban J connectivity index is 2.18. The van der Waals surface area contributed by atoms with Gasteiger partial charge < -0.3 is 5.11 Å². The summed E-state index contributed by atoms with van der Waals surface area (Å²) in [4.78, 5) is 10.5. The number of benzene rings is 1. The molecule has 5 heteroatoms. The summed E-state index contributed by atoms with van der Waals surface area (Å²) in [5, 5.41) is 16.6. The van der Waals surface area contributed by atoms with E-state index in [2.05, 4.69) is 23.3 Å². The number of rotatable bonds is 4.